The molecule has 8 heteroatoms. The van der Waals surface area contributed by atoms with Crippen molar-refractivity contribution in [1.82, 2.24) is 14.8 Å². The summed E-state index contributed by atoms with van der Waals surface area (Å²) in [6, 6.07) is 9.44. The van der Waals surface area contributed by atoms with E-state index in [1.807, 2.05) is 30.3 Å². The maximum atomic E-state index is 13.5. The van der Waals surface area contributed by atoms with E-state index in [1.165, 1.54) is 32.1 Å². The molecule has 1 aliphatic heterocycles. The van der Waals surface area contributed by atoms with Gasteiger partial charge in [0.15, 0.2) is 0 Å². The molecule has 2 fully saturated rings. The molecule has 2 aliphatic rings. The number of hydrogen-bond donors (Lipinski definition) is 1. The van der Waals surface area contributed by atoms with E-state index in [4.69, 9.17) is 13.9 Å². The van der Waals surface area contributed by atoms with Crippen LogP contribution in [0.3, 0.4) is 0 Å². The molecule has 43 heavy (non-hydrogen) atoms. The molecule has 6 rings (SSSR count). The molecule has 2 aromatic heterocycles. The highest BCUT2D eigenvalue weighted by Gasteiger charge is 2.35. The summed E-state index contributed by atoms with van der Waals surface area (Å²) in [5, 5.41) is 14.1. The summed E-state index contributed by atoms with van der Waals surface area (Å²) in [5.41, 5.74) is 2.58. The molecule has 0 bridgehead atoms. The van der Waals surface area contributed by atoms with Crippen molar-refractivity contribution >= 4 is 27.7 Å². The molecule has 228 valence electrons. The minimum absolute atomic E-state index is 0.142. The molecule has 1 unspecified atom stereocenters. The first-order chi connectivity index (χ1) is 21.0. The van der Waals surface area contributed by atoms with Gasteiger partial charge in [-0.2, -0.15) is 0 Å². The van der Waals surface area contributed by atoms with E-state index in [-0.39, 0.29) is 18.4 Å². The first kappa shape index (κ1) is 29.5. The van der Waals surface area contributed by atoms with Crippen LogP contribution in [0.5, 0.6) is 11.5 Å². The predicted molar refractivity (Wildman–Crippen MR) is 168 cm³/mol. The van der Waals surface area contributed by atoms with E-state index >= 15 is 0 Å². The van der Waals surface area contributed by atoms with E-state index in [0.717, 1.165) is 55.2 Å². The zero-order valence-corrected chi connectivity index (χ0v) is 25.6. The lowest BCUT2D eigenvalue weighted by Gasteiger charge is -2.39. The maximum absolute atomic E-state index is 13.5. The average molecular weight is 586 g/mol. The molecule has 0 spiro atoms. The summed E-state index contributed by atoms with van der Waals surface area (Å²) in [6.07, 6.45) is 11.1. The van der Waals surface area contributed by atoms with Gasteiger partial charge in [-0.1, -0.05) is 32.1 Å². The predicted octanol–water partition coefficient (Wildman–Crippen LogP) is 6.86. The molecule has 4 aromatic rings. The number of aromatic nitrogens is 1. The highest BCUT2D eigenvalue weighted by atomic mass is 16.5. The van der Waals surface area contributed by atoms with Crippen molar-refractivity contribution in [2.24, 2.45) is 5.92 Å². The van der Waals surface area contributed by atoms with Gasteiger partial charge in [0.25, 0.3) is 0 Å². The van der Waals surface area contributed by atoms with E-state index in [1.54, 1.807) is 26.2 Å². The van der Waals surface area contributed by atoms with Gasteiger partial charge >= 0.3 is 5.97 Å². The number of aromatic hydroxyl groups is 1. The fraction of sp³-hybridized carbons (Fsp3) is 0.486. The summed E-state index contributed by atoms with van der Waals surface area (Å²) in [5.74, 6) is 1.62. The van der Waals surface area contributed by atoms with Gasteiger partial charge in [0.1, 0.15) is 28.4 Å². The van der Waals surface area contributed by atoms with Crippen LogP contribution in [0.2, 0.25) is 0 Å². The lowest BCUT2D eigenvalue weighted by molar-refractivity contribution is 0.0526. The number of benzene rings is 2. The molecule has 3 heterocycles. The monoisotopic (exact) mass is 585 g/mol. The highest BCUT2D eigenvalue weighted by Crippen LogP contribution is 2.48. The molecule has 1 aliphatic carbocycles. The number of hydrogen-bond acceptors (Lipinski definition) is 8. The third kappa shape index (κ3) is 5.95. The number of furan rings is 1. The van der Waals surface area contributed by atoms with Crippen LogP contribution in [-0.4, -0.2) is 72.3 Å². The normalized spacial score (nSPS) is 17.8. The minimum atomic E-state index is -0.453. The molecule has 1 saturated carbocycles. The van der Waals surface area contributed by atoms with Crippen LogP contribution >= 0.6 is 0 Å². The largest absolute Gasteiger partial charge is 0.507 e. The van der Waals surface area contributed by atoms with Crippen molar-refractivity contribution in [2.45, 2.75) is 58.4 Å². The third-order valence-corrected chi connectivity index (χ3v) is 9.30. The first-order valence-electron chi connectivity index (χ1n) is 15.8. The smallest absolute Gasteiger partial charge is 0.342 e. The summed E-state index contributed by atoms with van der Waals surface area (Å²) >= 11 is 0. The Morgan fingerprint density at radius 2 is 1.81 bits per heavy atom. The minimum Gasteiger partial charge on any atom is -0.507 e. The molecule has 8 nitrogen and oxygen atoms in total. The van der Waals surface area contributed by atoms with Crippen molar-refractivity contribution in [3.05, 3.63) is 65.2 Å². The number of aryl methyl sites for hydroxylation is 1. The van der Waals surface area contributed by atoms with Crippen molar-refractivity contribution < 1.29 is 23.8 Å². The number of nitrogens with zero attached hydrogens (tertiary/aromatic N) is 3. The molecular formula is C35H43N3O5. The quantitative estimate of drug-likeness (QED) is 0.213. The van der Waals surface area contributed by atoms with Crippen LogP contribution in [-0.2, 0) is 4.74 Å². The van der Waals surface area contributed by atoms with Crippen molar-refractivity contribution in [3.8, 4) is 11.5 Å². The van der Waals surface area contributed by atoms with Gasteiger partial charge in [-0.25, -0.2) is 4.79 Å². The number of esters is 1. The number of carbonyl (C=O) groups excluding carboxylic acids is 1. The zero-order valence-electron chi connectivity index (χ0n) is 25.6. The molecule has 0 amide bonds. The van der Waals surface area contributed by atoms with Crippen molar-refractivity contribution in [3.63, 3.8) is 0 Å². The van der Waals surface area contributed by atoms with Crippen LogP contribution < -0.4 is 4.74 Å². The van der Waals surface area contributed by atoms with Crippen LogP contribution in [0.4, 0.5) is 0 Å². The number of fused-ring (bicyclic) bond motifs is 3. The van der Waals surface area contributed by atoms with E-state index in [2.05, 4.69) is 21.8 Å². The highest BCUT2D eigenvalue weighted by molar-refractivity contribution is 6.17. The summed E-state index contributed by atoms with van der Waals surface area (Å²) in [4.78, 5) is 22.4. The fourth-order valence-electron chi connectivity index (χ4n) is 6.98. The Labute approximate surface area is 253 Å². The molecule has 0 radical (unpaired) electrons. The van der Waals surface area contributed by atoms with Gasteiger partial charge in [-0.15, -0.1) is 0 Å². The Hall–Kier alpha value is -3.62. The van der Waals surface area contributed by atoms with Gasteiger partial charge in [0, 0.05) is 60.3 Å². The number of ether oxygens (including phenoxy) is 2. The molecular weight excluding hydrogens is 542 g/mol. The molecule has 1 saturated heterocycles. The van der Waals surface area contributed by atoms with Gasteiger partial charge in [0.05, 0.1) is 19.3 Å². The van der Waals surface area contributed by atoms with Crippen LogP contribution in [0.15, 0.2) is 47.1 Å². The maximum Gasteiger partial charge on any atom is 0.342 e. The Morgan fingerprint density at radius 3 is 2.53 bits per heavy atom. The van der Waals surface area contributed by atoms with E-state index in [9.17, 15) is 9.90 Å². The van der Waals surface area contributed by atoms with Crippen molar-refractivity contribution in [1.29, 1.82) is 0 Å². The van der Waals surface area contributed by atoms with Crippen molar-refractivity contribution in [2.75, 3.05) is 46.4 Å². The standard InChI is InChI=1S/C35H43N3O5/c1-4-41-35(40)29-23(2)43-34-28-22-26(42-21-14-24-8-6-5-7-9-24)10-11-27(28)33(39)31(30(29)34)32(25-12-15-36-16-13-25)38-19-17-37(3)18-20-38/h10-13,15-16,22,24,32,39H,4-9,14,17-21H2,1-3H3. The van der Waals surface area contributed by atoms with Crippen LogP contribution in [0.25, 0.3) is 21.7 Å². The summed E-state index contributed by atoms with van der Waals surface area (Å²) in [7, 11) is 2.12. The average Bonchev–Trinajstić information content (AvgIpc) is 3.37. The number of phenolic OH excluding ortho intramolecular Hbond substituents is 1. The Bertz CT molecular complexity index is 1570. The second-order valence-electron chi connectivity index (χ2n) is 12.1. The lowest BCUT2D eigenvalue weighted by Crippen LogP contribution is -2.46. The number of rotatable bonds is 9. The molecule has 1 N–H and O–H groups in total. The van der Waals surface area contributed by atoms with E-state index < -0.39 is 5.97 Å². The van der Waals surface area contributed by atoms with E-state index in [0.29, 0.717) is 39.8 Å². The summed E-state index contributed by atoms with van der Waals surface area (Å²) in [6.45, 7) is 7.90. The van der Waals surface area contributed by atoms with Gasteiger partial charge in [-0.05, 0) is 69.1 Å². The topological polar surface area (TPSA) is 88.3 Å². The SMILES string of the molecule is CCOC(=O)c1c(C)oc2c1c(C(c1ccncc1)N1CCN(C)CC1)c(O)c1ccc(OCCC3CCCCC3)cc12. The first-order valence-corrected chi connectivity index (χ1v) is 15.8. The number of carbonyl (C=O) groups is 1. The number of phenols is 1. The molecule has 1 atom stereocenters. The molecule has 2 aromatic carbocycles. The Balaban J connectivity index is 1.50. The van der Waals surface area contributed by atoms with Crippen LogP contribution in [0.1, 0.15) is 78.7 Å². The second kappa shape index (κ2) is 12.9. The van der Waals surface area contributed by atoms with Gasteiger partial charge in [-0.3, -0.25) is 9.88 Å². The number of piperazine rings is 1. The zero-order chi connectivity index (χ0) is 29.9. The Kier molecular flexibility index (Phi) is 8.86. The van der Waals surface area contributed by atoms with Gasteiger partial charge < -0.3 is 23.9 Å². The third-order valence-electron chi connectivity index (χ3n) is 9.30. The fourth-order valence-corrected chi connectivity index (χ4v) is 6.98. The number of likely N-dealkylation sites (N-methyl/N-ethyl adjacent to an activating group) is 1. The Morgan fingerprint density at radius 1 is 1.07 bits per heavy atom. The number of pyridine rings is 1. The second-order valence-corrected chi connectivity index (χ2v) is 12.1. The van der Waals surface area contributed by atoms with Gasteiger partial charge in [0.2, 0.25) is 0 Å². The summed E-state index contributed by atoms with van der Waals surface area (Å²) < 4.78 is 18.2. The van der Waals surface area contributed by atoms with Crippen LogP contribution in [0, 0.1) is 12.8 Å². The lowest BCUT2D eigenvalue weighted by atomic mass is 9.87.